The number of nitrogens with zero attached hydrogens (tertiary/aromatic N) is 2. The van der Waals surface area contributed by atoms with Gasteiger partial charge in [0.15, 0.2) is 5.71 Å². The smallest absolute Gasteiger partial charge is 0.277 e. The van der Waals surface area contributed by atoms with Gasteiger partial charge >= 0.3 is 0 Å². The van der Waals surface area contributed by atoms with Crippen molar-refractivity contribution in [1.29, 1.82) is 0 Å². The second kappa shape index (κ2) is 7.23. The summed E-state index contributed by atoms with van der Waals surface area (Å²) < 4.78 is 0. The molecule has 27 heavy (non-hydrogen) atoms. The zero-order valence-corrected chi connectivity index (χ0v) is 15.9. The number of hydrogen-bond donors (Lipinski definition) is 2. The number of amides is 2. The summed E-state index contributed by atoms with van der Waals surface area (Å²) in [6, 6.07) is 11.5. The second-order valence-electron chi connectivity index (χ2n) is 6.95. The highest BCUT2D eigenvalue weighted by Gasteiger charge is 2.43. The molecule has 2 amide bonds. The number of carbonyl (C=O) groups is 2. The molecule has 1 fully saturated rings. The van der Waals surface area contributed by atoms with Crippen LogP contribution in [-0.2, 0) is 9.59 Å². The molecule has 1 aliphatic rings. The van der Waals surface area contributed by atoms with Crippen LogP contribution in [0, 0.1) is 33.6 Å². The summed E-state index contributed by atoms with van der Waals surface area (Å²) >= 11 is 0. The lowest BCUT2D eigenvalue weighted by Crippen LogP contribution is -2.30. The van der Waals surface area contributed by atoms with Crippen molar-refractivity contribution >= 4 is 28.9 Å². The molecule has 6 heteroatoms. The number of nitrogens with one attached hydrogen (secondary N) is 1. The molecular formula is C21H23N3O3. The number of hydrogen-bond acceptors (Lipinski definition) is 4. The maximum atomic E-state index is 12.9. The number of rotatable bonds is 3. The van der Waals surface area contributed by atoms with Gasteiger partial charge in [-0.25, -0.2) is 0 Å². The molecular weight excluding hydrogens is 342 g/mol. The second-order valence-corrected chi connectivity index (χ2v) is 6.95. The molecule has 0 bridgehead atoms. The summed E-state index contributed by atoms with van der Waals surface area (Å²) in [4.78, 5) is 27.2. The first-order valence-corrected chi connectivity index (χ1v) is 8.82. The molecule has 0 aliphatic carbocycles. The SMILES string of the molecule is Cc1cccc(C)c1NC(=O)[C@@H]1CN(c2c(C)cccc2C)C(=O)/C1=N\O. The Kier molecular flexibility index (Phi) is 4.99. The number of oxime groups is 1. The predicted molar refractivity (Wildman–Crippen MR) is 106 cm³/mol. The number of anilines is 2. The quantitative estimate of drug-likeness (QED) is 0.646. The molecule has 0 unspecified atom stereocenters. The van der Waals surface area contributed by atoms with Gasteiger partial charge in [0, 0.05) is 17.9 Å². The lowest BCUT2D eigenvalue weighted by molar-refractivity contribution is -0.118. The van der Waals surface area contributed by atoms with Crippen molar-refractivity contribution < 1.29 is 14.8 Å². The Morgan fingerprint density at radius 2 is 1.56 bits per heavy atom. The van der Waals surface area contributed by atoms with Gasteiger partial charge in [-0.2, -0.15) is 0 Å². The predicted octanol–water partition coefficient (Wildman–Crippen LogP) is 3.35. The van der Waals surface area contributed by atoms with E-state index in [0.717, 1.165) is 33.6 Å². The number of aryl methyl sites for hydroxylation is 4. The van der Waals surface area contributed by atoms with Crippen LogP contribution in [-0.4, -0.2) is 29.3 Å². The molecule has 0 saturated carbocycles. The van der Waals surface area contributed by atoms with Crippen LogP contribution >= 0.6 is 0 Å². The fourth-order valence-electron chi connectivity index (χ4n) is 3.61. The van der Waals surface area contributed by atoms with Gasteiger partial charge in [0.25, 0.3) is 5.91 Å². The fourth-order valence-corrected chi connectivity index (χ4v) is 3.61. The lowest BCUT2D eigenvalue weighted by Gasteiger charge is -2.21. The molecule has 6 nitrogen and oxygen atoms in total. The van der Waals surface area contributed by atoms with E-state index in [-0.39, 0.29) is 18.2 Å². The highest BCUT2D eigenvalue weighted by Crippen LogP contribution is 2.31. The molecule has 0 radical (unpaired) electrons. The Balaban J connectivity index is 1.92. The number of para-hydroxylation sites is 2. The molecule has 1 saturated heterocycles. The average Bonchev–Trinajstić information content (AvgIpc) is 2.94. The van der Waals surface area contributed by atoms with Crippen LogP contribution in [0.25, 0.3) is 0 Å². The molecule has 1 heterocycles. The lowest BCUT2D eigenvalue weighted by atomic mass is 10.0. The number of benzene rings is 2. The van der Waals surface area contributed by atoms with Gasteiger partial charge < -0.3 is 15.4 Å². The van der Waals surface area contributed by atoms with E-state index in [1.807, 2.05) is 64.1 Å². The van der Waals surface area contributed by atoms with Crippen LogP contribution < -0.4 is 10.2 Å². The van der Waals surface area contributed by atoms with Gasteiger partial charge in [-0.15, -0.1) is 0 Å². The standard InChI is InChI=1S/C21H23N3O3/c1-12-7-5-8-13(2)17(12)22-20(25)16-11-24(21(26)18(16)23-27)19-14(3)9-6-10-15(19)4/h5-10,16,27H,11H2,1-4H3,(H,22,25)/b23-18-/t16-/m1/s1. The Hall–Kier alpha value is -3.15. The van der Waals surface area contributed by atoms with Crippen molar-refractivity contribution in [2.24, 2.45) is 11.1 Å². The molecule has 2 N–H and O–H groups in total. The van der Waals surface area contributed by atoms with E-state index in [9.17, 15) is 14.8 Å². The van der Waals surface area contributed by atoms with Gasteiger partial charge in [0.2, 0.25) is 5.91 Å². The van der Waals surface area contributed by atoms with E-state index >= 15 is 0 Å². The van der Waals surface area contributed by atoms with E-state index in [1.165, 1.54) is 4.90 Å². The van der Waals surface area contributed by atoms with Crippen LogP contribution in [0.3, 0.4) is 0 Å². The number of carbonyl (C=O) groups excluding carboxylic acids is 2. The van der Waals surface area contributed by atoms with Crippen LogP contribution in [0.4, 0.5) is 11.4 Å². The van der Waals surface area contributed by atoms with E-state index < -0.39 is 11.8 Å². The maximum Gasteiger partial charge on any atom is 0.277 e. The molecule has 2 aromatic rings. The van der Waals surface area contributed by atoms with E-state index in [2.05, 4.69) is 10.5 Å². The van der Waals surface area contributed by atoms with Crippen molar-refractivity contribution in [3.05, 3.63) is 58.7 Å². The Morgan fingerprint density at radius 3 is 2.07 bits per heavy atom. The molecule has 0 spiro atoms. The molecule has 140 valence electrons. The van der Waals surface area contributed by atoms with Crippen LogP contribution in [0.15, 0.2) is 41.6 Å². The van der Waals surface area contributed by atoms with Crippen molar-refractivity contribution in [1.82, 2.24) is 0 Å². The van der Waals surface area contributed by atoms with Crippen molar-refractivity contribution in [2.75, 3.05) is 16.8 Å². The van der Waals surface area contributed by atoms with Crippen LogP contribution in [0.5, 0.6) is 0 Å². The molecule has 1 aliphatic heterocycles. The van der Waals surface area contributed by atoms with Gasteiger partial charge in [0.1, 0.15) is 5.92 Å². The van der Waals surface area contributed by atoms with Gasteiger partial charge in [-0.3, -0.25) is 9.59 Å². The first-order valence-electron chi connectivity index (χ1n) is 8.82. The molecule has 0 aromatic heterocycles. The maximum absolute atomic E-state index is 12.9. The third-order valence-electron chi connectivity index (χ3n) is 5.02. The third-order valence-corrected chi connectivity index (χ3v) is 5.02. The fraction of sp³-hybridized carbons (Fsp3) is 0.286. The minimum Gasteiger partial charge on any atom is -0.410 e. The summed E-state index contributed by atoms with van der Waals surface area (Å²) in [6.07, 6.45) is 0. The average molecular weight is 365 g/mol. The van der Waals surface area contributed by atoms with Gasteiger partial charge in [0.05, 0.1) is 0 Å². The summed E-state index contributed by atoms with van der Waals surface area (Å²) in [5.41, 5.74) is 5.06. The summed E-state index contributed by atoms with van der Waals surface area (Å²) in [5, 5.41) is 15.4. The summed E-state index contributed by atoms with van der Waals surface area (Å²) in [5.74, 6) is -1.65. The Morgan fingerprint density at radius 1 is 1.04 bits per heavy atom. The summed E-state index contributed by atoms with van der Waals surface area (Å²) in [7, 11) is 0. The minimum atomic E-state index is -0.847. The normalized spacial score (nSPS) is 18.2. The van der Waals surface area contributed by atoms with Gasteiger partial charge in [-0.05, 0) is 49.9 Å². The van der Waals surface area contributed by atoms with Crippen LogP contribution in [0.1, 0.15) is 22.3 Å². The highest BCUT2D eigenvalue weighted by atomic mass is 16.4. The topological polar surface area (TPSA) is 82.0 Å². The van der Waals surface area contributed by atoms with Crippen molar-refractivity contribution in [3.8, 4) is 0 Å². The molecule has 2 aromatic carbocycles. The summed E-state index contributed by atoms with van der Waals surface area (Å²) in [6.45, 7) is 7.78. The first kappa shape index (κ1) is 18.6. The Labute approximate surface area is 158 Å². The first-order chi connectivity index (χ1) is 12.8. The van der Waals surface area contributed by atoms with Crippen molar-refractivity contribution in [2.45, 2.75) is 27.7 Å². The minimum absolute atomic E-state index is 0.138. The largest absolute Gasteiger partial charge is 0.410 e. The zero-order valence-electron chi connectivity index (χ0n) is 15.9. The monoisotopic (exact) mass is 365 g/mol. The Bertz CT molecular complexity index is 909. The van der Waals surface area contributed by atoms with Crippen LogP contribution in [0.2, 0.25) is 0 Å². The van der Waals surface area contributed by atoms with E-state index in [0.29, 0.717) is 0 Å². The van der Waals surface area contributed by atoms with E-state index in [1.54, 1.807) is 0 Å². The highest BCUT2D eigenvalue weighted by molar-refractivity contribution is 6.50. The van der Waals surface area contributed by atoms with E-state index in [4.69, 9.17) is 0 Å². The zero-order chi connectivity index (χ0) is 19.7. The molecule has 3 rings (SSSR count). The third kappa shape index (κ3) is 3.30. The van der Waals surface area contributed by atoms with Crippen molar-refractivity contribution in [3.63, 3.8) is 0 Å². The molecule has 1 atom stereocenters. The van der Waals surface area contributed by atoms with Gasteiger partial charge in [-0.1, -0.05) is 41.6 Å².